The van der Waals surface area contributed by atoms with Crippen LogP contribution in [0.15, 0.2) is 23.8 Å². The lowest BCUT2D eigenvalue weighted by Gasteiger charge is -2.27. The van der Waals surface area contributed by atoms with Crippen molar-refractivity contribution in [2.75, 3.05) is 0 Å². The van der Waals surface area contributed by atoms with Crippen LogP contribution in [0.25, 0.3) is 0 Å². The molecule has 4 atom stereocenters. The minimum absolute atomic E-state index is 0.230. The maximum absolute atomic E-state index is 10.1. The van der Waals surface area contributed by atoms with Gasteiger partial charge in [0.15, 0.2) is 0 Å². The van der Waals surface area contributed by atoms with E-state index in [9.17, 15) is 10.2 Å². The molecule has 0 aromatic carbocycles. The quantitative estimate of drug-likeness (QED) is 0.739. The first-order valence-corrected chi connectivity index (χ1v) is 6.47. The van der Waals surface area contributed by atoms with Gasteiger partial charge in [-0.05, 0) is 51.9 Å². The molecule has 2 N–H and O–H groups in total. The van der Waals surface area contributed by atoms with Gasteiger partial charge in [-0.25, -0.2) is 0 Å². The fraction of sp³-hybridized carbons (Fsp3) is 0.733. The number of aliphatic hydroxyl groups excluding tert-OH is 1. The van der Waals surface area contributed by atoms with Gasteiger partial charge in [0.05, 0.1) is 11.7 Å². The molecule has 1 fully saturated rings. The Morgan fingerprint density at radius 3 is 2.53 bits per heavy atom. The second-order valence-electron chi connectivity index (χ2n) is 5.96. The zero-order valence-corrected chi connectivity index (χ0v) is 11.5. The van der Waals surface area contributed by atoms with Crippen LogP contribution in [0, 0.1) is 11.8 Å². The van der Waals surface area contributed by atoms with E-state index in [1.807, 2.05) is 26.8 Å². The molecule has 1 aliphatic rings. The first-order chi connectivity index (χ1) is 7.74. The topological polar surface area (TPSA) is 40.5 Å². The minimum Gasteiger partial charge on any atom is -0.390 e. The third-order valence-corrected chi connectivity index (χ3v) is 4.07. The SMILES string of the molecule is C=C(CC(O)C=C(C)C)[C@@H]1CC[C@@](C)(O)[C@H]1C. The van der Waals surface area contributed by atoms with E-state index in [1.54, 1.807) is 0 Å². The van der Waals surface area contributed by atoms with Crippen LogP contribution in [0.1, 0.15) is 47.0 Å². The van der Waals surface area contributed by atoms with Crippen molar-refractivity contribution < 1.29 is 10.2 Å². The lowest BCUT2D eigenvalue weighted by Crippen LogP contribution is -2.30. The maximum Gasteiger partial charge on any atom is 0.0760 e. The summed E-state index contributed by atoms with van der Waals surface area (Å²) in [4.78, 5) is 0. The molecule has 0 aliphatic heterocycles. The third-order valence-electron chi connectivity index (χ3n) is 4.07. The molecule has 2 nitrogen and oxygen atoms in total. The number of allylic oxidation sites excluding steroid dienone is 1. The molecular weight excluding hydrogens is 212 g/mol. The predicted molar refractivity (Wildman–Crippen MR) is 71.7 cm³/mol. The molecule has 0 saturated heterocycles. The second-order valence-corrected chi connectivity index (χ2v) is 5.96. The van der Waals surface area contributed by atoms with E-state index in [1.165, 1.54) is 0 Å². The van der Waals surface area contributed by atoms with Gasteiger partial charge in [0, 0.05) is 0 Å². The molecule has 98 valence electrons. The highest BCUT2D eigenvalue weighted by Gasteiger charge is 2.41. The highest BCUT2D eigenvalue weighted by atomic mass is 16.3. The Morgan fingerprint density at radius 1 is 1.53 bits per heavy atom. The first-order valence-electron chi connectivity index (χ1n) is 6.47. The summed E-state index contributed by atoms with van der Waals surface area (Å²) in [6.45, 7) is 12.0. The van der Waals surface area contributed by atoms with Crippen LogP contribution in [0.5, 0.6) is 0 Å². The molecule has 1 unspecified atom stereocenters. The van der Waals surface area contributed by atoms with E-state index in [2.05, 4.69) is 13.5 Å². The van der Waals surface area contributed by atoms with E-state index in [0.717, 1.165) is 24.0 Å². The Morgan fingerprint density at radius 2 is 2.12 bits per heavy atom. The average molecular weight is 238 g/mol. The summed E-state index contributed by atoms with van der Waals surface area (Å²) in [7, 11) is 0. The largest absolute Gasteiger partial charge is 0.390 e. The highest BCUT2D eigenvalue weighted by molar-refractivity contribution is 5.13. The first kappa shape index (κ1) is 14.5. The monoisotopic (exact) mass is 238 g/mol. The zero-order valence-electron chi connectivity index (χ0n) is 11.5. The van der Waals surface area contributed by atoms with Gasteiger partial charge in [-0.3, -0.25) is 0 Å². The molecule has 0 radical (unpaired) electrons. The Bertz CT molecular complexity index is 311. The van der Waals surface area contributed by atoms with Crippen molar-refractivity contribution >= 4 is 0 Å². The van der Waals surface area contributed by atoms with Crippen molar-refractivity contribution in [3.8, 4) is 0 Å². The van der Waals surface area contributed by atoms with E-state index in [0.29, 0.717) is 12.3 Å². The molecule has 1 aliphatic carbocycles. The van der Waals surface area contributed by atoms with Gasteiger partial charge in [-0.15, -0.1) is 0 Å². The molecule has 0 aromatic rings. The summed E-state index contributed by atoms with van der Waals surface area (Å²) in [5.41, 5.74) is 1.62. The molecule has 0 spiro atoms. The summed E-state index contributed by atoms with van der Waals surface area (Å²) in [5, 5.41) is 20.0. The molecule has 2 heteroatoms. The van der Waals surface area contributed by atoms with E-state index in [-0.39, 0.29) is 5.92 Å². The van der Waals surface area contributed by atoms with Crippen LogP contribution in [0.2, 0.25) is 0 Å². The van der Waals surface area contributed by atoms with Crippen LogP contribution in [-0.2, 0) is 0 Å². The van der Waals surface area contributed by atoms with Gasteiger partial charge in [0.25, 0.3) is 0 Å². The van der Waals surface area contributed by atoms with Crippen molar-refractivity contribution in [2.45, 2.75) is 58.7 Å². The second kappa shape index (κ2) is 5.36. The van der Waals surface area contributed by atoms with Gasteiger partial charge in [0.1, 0.15) is 0 Å². The standard InChI is InChI=1S/C15H26O2/c1-10(2)8-13(16)9-11(3)14-6-7-15(5,17)12(14)4/h8,12-14,16-17H,3,6-7,9H2,1-2,4-5H3/t12-,13?,14-,15+/m0/s1. The van der Waals surface area contributed by atoms with Gasteiger partial charge in [-0.1, -0.05) is 30.7 Å². The van der Waals surface area contributed by atoms with E-state index < -0.39 is 11.7 Å². The Hall–Kier alpha value is -0.600. The minimum atomic E-state index is -0.574. The summed E-state index contributed by atoms with van der Waals surface area (Å²) >= 11 is 0. The lowest BCUT2D eigenvalue weighted by atomic mass is 9.83. The van der Waals surface area contributed by atoms with Crippen molar-refractivity contribution in [3.05, 3.63) is 23.8 Å². The fourth-order valence-corrected chi connectivity index (χ4v) is 2.78. The van der Waals surface area contributed by atoms with Gasteiger partial charge >= 0.3 is 0 Å². The van der Waals surface area contributed by atoms with E-state index in [4.69, 9.17) is 0 Å². The molecule has 17 heavy (non-hydrogen) atoms. The van der Waals surface area contributed by atoms with Crippen LogP contribution in [0.4, 0.5) is 0 Å². The Labute approximate surface area is 105 Å². The van der Waals surface area contributed by atoms with Gasteiger partial charge in [-0.2, -0.15) is 0 Å². The summed E-state index contributed by atoms with van der Waals surface area (Å²) < 4.78 is 0. The molecule has 0 amide bonds. The number of hydrogen-bond donors (Lipinski definition) is 2. The molecule has 0 aromatic heterocycles. The number of hydrogen-bond acceptors (Lipinski definition) is 2. The van der Waals surface area contributed by atoms with Crippen LogP contribution < -0.4 is 0 Å². The third kappa shape index (κ3) is 3.68. The van der Waals surface area contributed by atoms with Crippen molar-refractivity contribution in [2.24, 2.45) is 11.8 Å². The lowest BCUT2D eigenvalue weighted by molar-refractivity contribution is 0.0210. The van der Waals surface area contributed by atoms with Crippen molar-refractivity contribution in [1.29, 1.82) is 0 Å². The molecule has 0 bridgehead atoms. The van der Waals surface area contributed by atoms with Gasteiger partial charge in [0.2, 0.25) is 0 Å². The normalized spacial score (nSPS) is 34.5. The molecule has 1 saturated carbocycles. The molecule has 0 heterocycles. The summed E-state index contributed by atoms with van der Waals surface area (Å²) in [6.07, 6.45) is 3.84. The Balaban J connectivity index is 2.58. The Kier molecular flexibility index (Phi) is 4.56. The summed E-state index contributed by atoms with van der Waals surface area (Å²) in [6, 6.07) is 0. The fourth-order valence-electron chi connectivity index (χ4n) is 2.78. The van der Waals surface area contributed by atoms with Crippen LogP contribution in [-0.4, -0.2) is 21.9 Å². The summed E-state index contributed by atoms with van der Waals surface area (Å²) in [5.74, 6) is 0.569. The number of rotatable bonds is 4. The smallest absolute Gasteiger partial charge is 0.0760 e. The average Bonchev–Trinajstić information content (AvgIpc) is 2.40. The van der Waals surface area contributed by atoms with Crippen LogP contribution >= 0.6 is 0 Å². The van der Waals surface area contributed by atoms with Crippen molar-refractivity contribution in [3.63, 3.8) is 0 Å². The maximum atomic E-state index is 10.1. The molecular formula is C15H26O2. The molecule has 1 rings (SSSR count). The van der Waals surface area contributed by atoms with Crippen molar-refractivity contribution in [1.82, 2.24) is 0 Å². The zero-order chi connectivity index (χ0) is 13.2. The van der Waals surface area contributed by atoms with E-state index >= 15 is 0 Å². The predicted octanol–water partition coefficient (Wildman–Crippen LogP) is 3.06. The van der Waals surface area contributed by atoms with Crippen LogP contribution in [0.3, 0.4) is 0 Å². The highest BCUT2D eigenvalue weighted by Crippen LogP contribution is 2.43. The number of aliphatic hydroxyl groups is 2. The van der Waals surface area contributed by atoms with Gasteiger partial charge < -0.3 is 10.2 Å².